The highest BCUT2D eigenvalue weighted by molar-refractivity contribution is 5.90. The van der Waals surface area contributed by atoms with E-state index >= 15 is 0 Å². The summed E-state index contributed by atoms with van der Waals surface area (Å²) in [6.07, 6.45) is 1.91. The average Bonchev–Trinajstić information content (AvgIpc) is 2.41. The third kappa shape index (κ3) is 1.72. The van der Waals surface area contributed by atoms with Crippen LogP contribution in [0.2, 0.25) is 0 Å². The molecule has 0 saturated heterocycles. The minimum atomic E-state index is 0.450. The molecule has 0 spiro atoms. The Labute approximate surface area is 107 Å². The van der Waals surface area contributed by atoms with E-state index in [1.54, 1.807) is 0 Å². The largest absolute Gasteiger partial charge is 0.507 e. The van der Waals surface area contributed by atoms with Gasteiger partial charge in [-0.05, 0) is 36.5 Å². The van der Waals surface area contributed by atoms with Gasteiger partial charge in [0, 0.05) is 11.1 Å². The molecule has 0 aromatic heterocycles. The van der Waals surface area contributed by atoms with Crippen LogP contribution in [0.4, 0.5) is 0 Å². The Hall–Kier alpha value is -2.02. The third-order valence-corrected chi connectivity index (χ3v) is 3.67. The van der Waals surface area contributed by atoms with Gasteiger partial charge in [-0.3, -0.25) is 0 Å². The molecule has 1 nitrogen and oxygen atoms in total. The number of aliphatic hydroxyl groups is 1. The van der Waals surface area contributed by atoms with E-state index in [1.165, 1.54) is 16.7 Å². The van der Waals surface area contributed by atoms with E-state index in [4.69, 9.17) is 0 Å². The van der Waals surface area contributed by atoms with Crippen molar-refractivity contribution in [3.63, 3.8) is 0 Å². The molecule has 0 radical (unpaired) electrons. The van der Waals surface area contributed by atoms with E-state index in [0.717, 1.165) is 24.0 Å². The molecule has 2 aromatic carbocycles. The van der Waals surface area contributed by atoms with Gasteiger partial charge in [0.15, 0.2) is 0 Å². The number of hydrogen-bond acceptors (Lipinski definition) is 1. The molecule has 1 heteroatoms. The maximum absolute atomic E-state index is 10.5. The molecule has 0 aliphatic heterocycles. The van der Waals surface area contributed by atoms with Gasteiger partial charge in [-0.15, -0.1) is 0 Å². The van der Waals surface area contributed by atoms with Gasteiger partial charge < -0.3 is 5.11 Å². The summed E-state index contributed by atoms with van der Waals surface area (Å²) in [5.41, 5.74) is 5.70. The number of aryl methyl sites for hydroxylation is 2. The summed E-state index contributed by atoms with van der Waals surface area (Å²) in [5.74, 6) is 0.450. The highest BCUT2D eigenvalue weighted by Gasteiger charge is 2.19. The number of aliphatic hydroxyl groups excluding tert-OH is 1. The molecule has 0 amide bonds. The van der Waals surface area contributed by atoms with Crippen LogP contribution in [0.25, 0.3) is 11.3 Å². The first-order valence-corrected chi connectivity index (χ1v) is 6.34. The predicted molar refractivity (Wildman–Crippen MR) is 75.4 cm³/mol. The minimum Gasteiger partial charge on any atom is -0.507 e. The van der Waals surface area contributed by atoms with Crippen LogP contribution in [0.3, 0.4) is 0 Å². The Morgan fingerprint density at radius 3 is 2.28 bits per heavy atom. The normalized spacial score (nSPS) is 14.5. The Bertz CT molecular complexity index is 623. The van der Waals surface area contributed by atoms with Crippen LogP contribution in [-0.4, -0.2) is 5.11 Å². The second kappa shape index (κ2) is 4.34. The standard InChI is InChI=1S/C17H16O/c1-12-6-2-4-8-14(12)16-11-10-13-7-3-5-9-15(13)17(16)18/h2-9,18H,10-11H2,1H3. The van der Waals surface area contributed by atoms with Gasteiger partial charge in [0.25, 0.3) is 0 Å². The molecule has 3 rings (SSSR count). The molecule has 0 unspecified atom stereocenters. The van der Waals surface area contributed by atoms with E-state index in [-0.39, 0.29) is 0 Å². The summed E-state index contributed by atoms with van der Waals surface area (Å²) in [6.45, 7) is 2.09. The molecular weight excluding hydrogens is 220 g/mol. The highest BCUT2D eigenvalue weighted by atomic mass is 16.3. The lowest BCUT2D eigenvalue weighted by molar-refractivity contribution is 0.508. The van der Waals surface area contributed by atoms with Gasteiger partial charge in [0.2, 0.25) is 0 Å². The molecule has 2 aromatic rings. The van der Waals surface area contributed by atoms with Crippen LogP contribution in [0.15, 0.2) is 48.5 Å². The maximum atomic E-state index is 10.5. The maximum Gasteiger partial charge on any atom is 0.126 e. The van der Waals surface area contributed by atoms with Crippen LogP contribution in [0.1, 0.15) is 28.7 Å². The second-order valence-electron chi connectivity index (χ2n) is 4.80. The quantitative estimate of drug-likeness (QED) is 0.779. The van der Waals surface area contributed by atoms with Crippen LogP contribution in [0, 0.1) is 6.92 Å². The van der Waals surface area contributed by atoms with Crippen molar-refractivity contribution in [1.82, 2.24) is 0 Å². The van der Waals surface area contributed by atoms with Crippen LogP contribution in [0.5, 0.6) is 0 Å². The average molecular weight is 236 g/mol. The first kappa shape index (κ1) is 11.1. The lowest BCUT2D eigenvalue weighted by Crippen LogP contribution is -2.05. The molecule has 1 aliphatic carbocycles. The van der Waals surface area contributed by atoms with Crippen molar-refractivity contribution >= 4 is 11.3 Å². The topological polar surface area (TPSA) is 20.2 Å². The van der Waals surface area contributed by atoms with E-state index in [2.05, 4.69) is 25.1 Å². The predicted octanol–water partition coefficient (Wildman–Crippen LogP) is 4.37. The molecule has 1 aliphatic rings. The molecule has 1 N–H and O–H groups in total. The van der Waals surface area contributed by atoms with Crippen LogP contribution < -0.4 is 0 Å². The van der Waals surface area contributed by atoms with Crippen molar-refractivity contribution in [1.29, 1.82) is 0 Å². The molecule has 18 heavy (non-hydrogen) atoms. The molecule has 0 bridgehead atoms. The van der Waals surface area contributed by atoms with Crippen LogP contribution >= 0.6 is 0 Å². The number of hydrogen-bond donors (Lipinski definition) is 1. The molecule has 0 heterocycles. The van der Waals surface area contributed by atoms with Crippen molar-refractivity contribution < 1.29 is 5.11 Å². The monoisotopic (exact) mass is 236 g/mol. The summed E-state index contributed by atoms with van der Waals surface area (Å²) in [4.78, 5) is 0. The fourth-order valence-corrected chi connectivity index (χ4v) is 2.68. The Balaban J connectivity index is 2.18. The summed E-state index contributed by atoms with van der Waals surface area (Å²) < 4.78 is 0. The van der Waals surface area contributed by atoms with Crippen molar-refractivity contribution in [2.24, 2.45) is 0 Å². The summed E-state index contributed by atoms with van der Waals surface area (Å²) in [7, 11) is 0. The zero-order chi connectivity index (χ0) is 12.5. The zero-order valence-corrected chi connectivity index (χ0v) is 10.5. The first-order chi connectivity index (χ1) is 8.77. The smallest absolute Gasteiger partial charge is 0.126 e. The fourth-order valence-electron chi connectivity index (χ4n) is 2.68. The van der Waals surface area contributed by atoms with E-state index in [1.807, 2.05) is 30.3 Å². The van der Waals surface area contributed by atoms with Gasteiger partial charge in [0.1, 0.15) is 5.76 Å². The van der Waals surface area contributed by atoms with Gasteiger partial charge in [0.05, 0.1) is 0 Å². The number of allylic oxidation sites excluding steroid dienone is 1. The van der Waals surface area contributed by atoms with Gasteiger partial charge in [-0.25, -0.2) is 0 Å². The lowest BCUT2D eigenvalue weighted by atomic mass is 9.86. The number of fused-ring (bicyclic) bond motifs is 1. The van der Waals surface area contributed by atoms with Crippen molar-refractivity contribution in [3.05, 3.63) is 70.8 Å². The molecule has 0 atom stereocenters. The molecule has 0 saturated carbocycles. The molecule has 90 valence electrons. The second-order valence-corrected chi connectivity index (χ2v) is 4.80. The van der Waals surface area contributed by atoms with Gasteiger partial charge >= 0.3 is 0 Å². The van der Waals surface area contributed by atoms with Crippen molar-refractivity contribution in [2.45, 2.75) is 19.8 Å². The Morgan fingerprint density at radius 2 is 1.50 bits per heavy atom. The van der Waals surface area contributed by atoms with E-state index in [9.17, 15) is 5.11 Å². The zero-order valence-electron chi connectivity index (χ0n) is 10.5. The summed E-state index contributed by atoms with van der Waals surface area (Å²) in [5, 5.41) is 10.5. The van der Waals surface area contributed by atoms with Gasteiger partial charge in [-0.2, -0.15) is 0 Å². The molecule has 0 fully saturated rings. The van der Waals surface area contributed by atoms with E-state index < -0.39 is 0 Å². The SMILES string of the molecule is Cc1ccccc1C1=C(O)c2ccccc2CC1. The van der Waals surface area contributed by atoms with Crippen molar-refractivity contribution in [2.75, 3.05) is 0 Å². The Morgan fingerprint density at radius 1 is 0.833 bits per heavy atom. The van der Waals surface area contributed by atoms with Crippen molar-refractivity contribution in [3.8, 4) is 0 Å². The van der Waals surface area contributed by atoms with E-state index in [0.29, 0.717) is 5.76 Å². The lowest BCUT2D eigenvalue weighted by Gasteiger charge is -2.21. The highest BCUT2D eigenvalue weighted by Crippen LogP contribution is 2.36. The molecular formula is C17H16O. The fraction of sp³-hybridized carbons (Fsp3) is 0.176. The van der Waals surface area contributed by atoms with Crippen LogP contribution in [-0.2, 0) is 6.42 Å². The number of benzene rings is 2. The number of rotatable bonds is 1. The first-order valence-electron chi connectivity index (χ1n) is 6.34. The third-order valence-electron chi connectivity index (χ3n) is 3.67. The van der Waals surface area contributed by atoms with Gasteiger partial charge in [-0.1, -0.05) is 48.5 Å². The summed E-state index contributed by atoms with van der Waals surface area (Å²) >= 11 is 0. The summed E-state index contributed by atoms with van der Waals surface area (Å²) in [6, 6.07) is 16.4. The minimum absolute atomic E-state index is 0.450. The Kier molecular flexibility index (Phi) is 2.67.